The van der Waals surface area contributed by atoms with E-state index in [1.165, 1.54) is 18.4 Å². The van der Waals surface area contributed by atoms with Crippen LogP contribution in [0.25, 0.3) is 0 Å². The number of aryl methyl sites for hydroxylation is 1. The van der Waals surface area contributed by atoms with Gasteiger partial charge in [0.2, 0.25) is 0 Å². The van der Waals surface area contributed by atoms with E-state index in [2.05, 4.69) is 15.1 Å². The van der Waals surface area contributed by atoms with Gasteiger partial charge in [0, 0.05) is 31.1 Å². The van der Waals surface area contributed by atoms with Gasteiger partial charge in [-0.15, -0.1) is 11.3 Å². The number of benzene rings is 1. The SMILES string of the molecule is CCc1cc(C(=O)OC)c(NC(=S)N2CCN(c3ccccc3O)CC2)s1. The monoisotopic (exact) mass is 405 g/mol. The number of phenols is 1. The predicted octanol–water partition coefficient (Wildman–Crippen LogP) is 3.32. The highest BCUT2D eigenvalue weighted by Crippen LogP contribution is 2.30. The topological polar surface area (TPSA) is 65.0 Å². The van der Waals surface area contributed by atoms with Gasteiger partial charge in [-0.2, -0.15) is 0 Å². The van der Waals surface area contributed by atoms with Crippen LogP contribution in [0, 0.1) is 0 Å². The van der Waals surface area contributed by atoms with Crippen LogP contribution < -0.4 is 10.2 Å². The van der Waals surface area contributed by atoms with E-state index in [0.29, 0.717) is 16.4 Å². The Kier molecular flexibility index (Phi) is 6.18. The van der Waals surface area contributed by atoms with Crippen LogP contribution in [0.15, 0.2) is 30.3 Å². The van der Waals surface area contributed by atoms with Crippen molar-refractivity contribution in [2.75, 3.05) is 43.5 Å². The summed E-state index contributed by atoms with van der Waals surface area (Å²) < 4.78 is 4.88. The standard InChI is InChI=1S/C19H23N3O3S2/c1-3-13-12-14(18(24)25-2)17(27-13)20-19(26)22-10-8-21(9-11-22)15-6-4-5-7-16(15)23/h4-7,12,23H,3,8-11H2,1-2H3,(H,20,26). The molecule has 1 aromatic carbocycles. The Morgan fingerprint density at radius 2 is 2.00 bits per heavy atom. The molecule has 2 N–H and O–H groups in total. The Morgan fingerprint density at radius 3 is 2.63 bits per heavy atom. The van der Waals surface area contributed by atoms with Gasteiger partial charge in [0.05, 0.1) is 18.4 Å². The number of piperazine rings is 1. The average Bonchev–Trinajstić information content (AvgIpc) is 3.11. The number of thiocarbonyl (C=S) groups is 1. The number of ether oxygens (including phenoxy) is 1. The molecule has 144 valence electrons. The average molecular weight is 406 g/mol. The highest BCUT2D eigenvalue weighted by Gasteiger charge is 2.23. The fourth-order valence-corrected chi connectivity index (χ4v) is 4.36. The van der Waals surface area contributed by atoms with E-state index in [1.807, 2.05) is 31.2 Å². The zero-order valence-electron chi connectivity index (χ0n) is 15.4. The second-order valence-electron chi connectivity index (χ2n) is 6.19. The van der Waals surface area contributed by atoms with Gasteiger partial charge in [-0.25, -0.2) is 4.79 Å². The molecule has 0 radical (unpaired) electrons. The fraction of sp³-hybridized carbons (Fsp3) is 0.368. The minimum Gasteiger partial charge on any atom is -0.506 e. The third-order valence-electron chi connectivity index (χ3n) is 4.55. The van der Waals surface area contributed by atoms with Gasteiger partial charge < -0.3 is 25.0 Å². The lowest BCUT2D eigenvalue weighted by atomic mass is 10.2. The quantitative estimate of drug-likeness (QED) is 0.597. The molecule has 2 aromatic rings. The van der Waals surface area contributed by atoms with Crippen molar-refractivity contribution in [2.45, 2.75) is 13.3 Å². The molecule has 1 aliphatic heterocycles. The highest BCUT2D eigenvalue weighted by molar-refractivity contribution is 7.80. The van der Waals surface area contributed by atoms with E-state index in [-0.39, 0.29) is 5.97 Å². The van der Waals surface area contributed by atoms with E-state index in [4.69, 9.17) is 17.0 Å². The lowest BCUT2D eigenvalue weighted by Gasteiger charge is -2.37. The molecule has 0 bridgehead atoms. The first-order valence-electron chi connectivity index (χ1n) is 8.83. The summed E-state index contributed by atoms with van der Waals surface area (Å²) in [5, 5.41) is 14.6. The molecule has 1 saturated heterocycles. The molecule has 0 atom stereocenters. The van der Waals surface area contributed by atoms with Gasteiger partial charge >= 0.3 is 5.97 Å². The minimum absolute atomic E-state index is 0.292. The summed E-state index contributed by atoms with van der Waals surface area (Å²) in [4.78, 5) is 17.3. The summed E-state index contributed by atoms with van der Waals surface area (Å²) in [6.45, 7) is 5.04. The zero-order valence-corrected chi connectivity index (χ0v) is 17.0. The number of aromatic hydroxyl groups is 1. The molecule has 0 spiro atoms. The molecule has 0 unspecified atom stereocenters. The summed E-state index contributed by atoms with van der Waals surface area (Å²) >= 11 is 7.09. The van der Waals surface area contributed by atoms with Crippen LogP contribution in [-0.4, -0.2) is 54.4 Å². The zero-order chi connectivity index (χ0) is 19.4. The van der Waals surface area contributed by atoms with Crippen LogP contribution in [0.1, 0.15) is 22.2 Å². The smallest absolute Gasteiger partial charge is 0.340 e. The van der Waals surface area contributed by atoms with E-state index in [0.717, 1.165) is 48.2 Å². The maximum Gasteiger partial charge on any atom is 0.340 e. The predicted molar refractivity (Wildman–Crippen MR) is 113 cm³/mol. The first-order chi connectivity index (χ1) is 13.0. The largest absolute Gasteiger partial charge is 0.506 e. The van der Waals surface area contributed by atoms with Crippen LogP contribution in [-0.2, 0) is 11.2 Å². The number of rotatable bonds is 4. The van der Waals surface area contributed by atoms with Crippen molar-refractivity contribution < 1.29 is 14.6 Å². The number of anilines is 2. The summed E-state index contributed by atoms with van der Waals surface area (Å²) in [7, 11) is 1.38. The number of methoxy groups -OCH3 is 1. The number of carbonyl (C=O) groups excluding carboxylic acids is 1. The third-order valence-corrected chi connectivity index (χ3v) is 6.10. The summed E-state index contributed by atoms with van der Waals surface area (Å²) in [6.07, 6.45) is 0.850. The van der Waals surface area contributed by atoms with E-state index < -0.39 is 0 Å². The van der Waals surface area contributed by atoms with Crippen molar-refractivity contribution in [3.8, 4) is 5.75 Å². The van der Waals surface area contributed by atoms with Crippen molar-refractivity contribution >= 4 is 45.3 Å². The molecule has 6 nitrogen and oxygen atoms in total. The number of hydrogen-bond donors (Lipinski definition) is 2. The number of carbonyl (C=O) groups is 1. The molecule has 1 aromatic heterocycles. The van der Waals surface area contributed by atoms with E-state index in [1.54, 1.807) is 6.07 Å². The second-order valence-corrected chi connectivity index (χ2v) is 7.72. The lowest BCUT2D eigenvalue weighted by molar-refractivity contribution is 0.0602. The Morgan fingerprint density at radius 1 is 1.30 bits per heavy atom. The van der Waals surface area contributed by atoms with Gasteiger partial charge in [-0.1, -0.05) is 19.1 Å². The maximum absolute atomic E-state index is 12.0. The third kappa shape index (κ3) is 4.33. The Hall–Kier alpha value is -2.32. The molecule has 0 amide bonds. The number of para-hydroxylation sites is 2. The van der Waals surface area contributed by atoms with E-state index >= 15 is 0 Å². The molecule has 0 aliphatic carbocycles. The van der Waals surface area contributed by atoms with Crippen molar-refractivity contribution in [3.05, 3.63) is 40.8 Å². The molecule has 0 saturated carbocycles. The van der Waals surface area contributed by atoms with Crippen LogP contribution >= 0.6 is 23.6 Å². The molecule has 3 rings (SSSR count). The van der Waals surface area contributed by atoms with Gasteiger partial charge in [0.1, 0.15) is 10.8 Å². The molecule has 8 heteroatoms. The lowest BCUT2D eigenvalue weighted by Crippen LogP contribution is -2.50. The number of hydrogen-bond acceptors (Lipinski definition) is 6. The molecule has 1 aliphatic rings. The van der Waals surface area contributed by atoms with Gasteiger partial charge in [-0.3, -0.25) is 0 Å². The molecular weight excluding hydrogens is 382 g/mol. The van der Waals surface area contributed by atoms with Gasteiger partial charge in [0.25, 0.3) is 0 Å². The Bertz CT molecular complexity index is 829. The fourth-order valence-electron chi connectivity index (χ4n) is 3.03. The Balaban J connectivity index is 1.64. The van der Waals surface area contributed by atoms with Gasteiger partial charge in [-0.05, 0) is 36.8 Å². The first kappa shape index (κ1) is 19.4. The van der Waals surface area contributed by atoms with E-state index in [9.17, 15) is 9.90 Å². The van der Waals surface area contributed by atoms with Crippen LogP contribution in [0.2, 0.25) is 0 Å². The van der Waals surface area contributed by atoms with Crippen molar-refractivity contribution in [1.29, 1.82) is 0 Å². The van der Waals surface area contributed by atoms with Crippen LogP contribution in [0.5, 0.6) is 5.75 Å². The molecular formula is C19H23N3O3S2. The summed E-state index contributed by atoms with van der Waals surface area (Å²) in [6, 6.07) is 9.21. The minimum atomic E-state index is -0.361. The number of nitrogens with zero attached hydrogens (tertiary/aromatic N) is 2. The number of nitrogens with one attached hydrogen (secondary N) is 1. The molecule has 27 heavy (non-hydrogen) atoms. The Labute approximate surface area is 168 Å². The summed E-state index contributed by atoms with van der Waals surface area (Å²) in [5.41, 5.74) is 1.37. The van der Waals surface area contributed by atoms with Gasteiger partial charge in [0.15, 0.2) is 5.11 Å². The second kappa shape index (κ2) is 8.58. The number of esters is 1. The normalized spacial score (nSPS) is 14.1. The number of phenolic OH excluding ortho intramolecular Hbond substituents is 1. The molecule has 2 heterocycles. The molecule has 1 fully saturated rings. The first-order valence-corrected chi connectivity index (χ1v) is 10.1. The van der Waals surface area contributed by atoms with Crippen molar-refractivity contribution in [2.24, 2.45) is 0 Å². The van der Waals surface area contributed by atoms with Crippen molar-refractivity contribution in [1.82, 2.24) is 4.90 Å². The maximum atomic E-state index is 12.0. The number of thiophene rings is 1. The highest BCUT2D eigenvalue weighted by atomic mass is 32.1. The summed E-state index contributed by atoms with van der Waals surface area (Å²) in [5.74, 6) is -0.0688. The van der Waals surface area contributed by atoms with Crippen LogP contribution in [0.3, 0.4) is 0 Å². The van der Waals surface area contributed by atoms with Crippen LogP contribution in [0.4, 0.5) is 10.7 Å². The van der Waals surface area contributed by atoms with Crippen molar-refractivity contribution in [3.63, 3.8) is 0 Å².